The third-order valence-corrected chi connectivity index (χ3v) is 8.03. The van der Waals surface area contributed by atoms with Crippen LogP contribution in [0.5, 0.6) is 0 Å². The van der Waals surface area contributed by atoms with E-state index < -0.39 is 0 Å². The van der Waals surface area contributed by atoms with Gasteiger partial charge in [-0.05, 0) is 61.7 Å². The van der Waals surface area contributed by atoms with Crippen molar-refractivity contribution in [2.75, 3.05) is 7.11 Å². The third kappa shape index (κ3) is 1.88. The number of esters is 1. The predicted molar refractivity (Wildman–Crippen MR) is 87.6 cm³/mol. The number of methoxy groups -OCH3 is 1. The van der Waals surface area contributed by atoms with Crippen molar-refractivity contribution in [2.24, 2.45) is 34.5 Å². The topological polar surface area (TPSA) is 43.4 Å². The Kier molecular flexibility index (Phi) is 3.31. The summed E-state index contributed by atoms with van der Waals surface area (Å²) in [7, 11) is 1.48. The normalized spacial score (nSPS) is 48.6. The molecule has 0 radical (unpaired) electrons. The van der Waals surface area contributed by atoms with Crippen molar-refractivity contribution in [1.29, 1.82) is 0 Å². The molecule has 2 bridgehead atoms. The number of allylic oxidation sites excluding steroid dienone is 1. The van der Waals surface area contributed by atoms with Crippen LogP contribution < -0.4 is 0 Å². The van der Waals surface area contributed by atoms with Crippen LogP contribution in [0.4, 0.5) is 0 Å². The number of Topliss-reactive ketones (excluding diaryl/α,β-unsaturated/α-hetero) is 1. The standard InChI is InChI=1S/C20H28O3/c1-12-10-20-11-13(12)6-7-16(20)19(2)8-4-5-14(18(22)23-3)15(19)9-17(20)21/h13-16H,1,4-11H2,2-3H3/t13-,14+,15-,16+,19-,20+/m1/s1. The predicted octanol–water partition coefficient (Wildman–Crippen LogP) is 3.92. The van der Waals surface area contributed by atoms with Gasteiger partial charge in [0.1, 0.15) is 5.78 Å². The smallest absolute Gasteiger partial charge is 0.308 e. The molecule has 0 aromatic carbocycles. The lowest BCUT2D eigenvalue weighted by atomic mass is 9.43. The van der Waals surface area contributed by atoms with Crippen molar-refractivity contribution >= 4 is 11.8 Å². The number of fused-ring (bicyclic) bond motifs is 3. The van der Waals surface area contributed by atoms with Crippen LogP contribution in [-0.4, -0.2) is 18.9 Å². The van der Waals surface area contributed by atoms with Gasteiger partial charge < -0.3 is 4.74 Å². The van der Waals surface area contributed by atoms with E-state index in [0.29, 0.717) is 24.0 Å². The molecule has 23 heavy (non-hydrogen) atoms. The largest absolute Gasteiger partial charge is 0.469 e. The highest BCUT2D eigenvalue weighted by Crippen LogP contribution is 2.69. The summed E-state index contributed by atoms with van der Waals surface area (Å²) in [6.07, 6.45) is 7.95. The van der Waals surface area contributed by atoms with Crippen LogP contribution >= 0.6 is 0 Å². The molecule has 3 nitrogen and oxygen atoms in total. The second-order valence-electron chi connectivity index (χ2n) is 8.78. The lowest BCUT2D eigenvalue weighted by Gasteiger charge is -2.60. The molecular formula is C20H28O3. The highest BCUT2D eigenvalue weighted by atomic mass is 16.5. The zero-order chi connectivity index (χ0) is 16.4. The number of hydrogen-bond acceptors (Lipinski definition) is 3. The number of ether oxygens (including phenoxy) is 1. The van der Waals surface area contributed by atoms with Crippen LogP contribution in [-0.2, 0) is 14.3 Å². The fraction of sp³-hybridized carbons (Fsp3) is 0.800. The quantitative estimate of drug-likeness (QED) is 0.544. The first-order valence-corrected chi connectivity index (χ1v) is 9.21. The average molecular weight is 316 g/mol. The molecule has 6 atom stereocenters. The van der Waals surface area contributed by atoms with E-state index in [4.69, 9.17) is 4.74 Å². The summed E-state index contributed by atoms with van der Waals surface area (Å²) in [6, 6.07) is 0. The number of carbonyl (C=O) groups excluding carboxylic acids is 2. The van der Waals surface area contributed by atoms with Gasteiger partial charge in [0.05, 0.1) is 13.0 Å². The van der Waals surface area contributed by atoms with Crippen molar-refractivity contribution in [3.8, 4) is 0 Å². The van der Waals surface area contributed by atoms with E-state index in [0.717, 1.165) is 38.5 Å². The van der Waals surface area contributed by atoms with E-state index >= 15 is 0 Å². The van der Waals surface area contributed by atoms with Gasteiger partial charge in [0.2, 0.25) is 0 Å². The number of hydrogen-bond donors (Lipinski definition) is 0. The average Bonchev–Trinajstić information content (AvgIpc) is 2.78. The van der Waals surface area contributed by atoms with Crippen LogP contribution in [0.3, 0.4) is 0 Å². The zero-order valence-electron chi connectivity index (χ0n) is 14.4. The summed E-state index contributed by atoms with van der Waals surface area (Å²) in [5.41, 5.74) is 1.27. The van der Waals surface area contributed by atoms with E-state index in [1.54, 1.807) is 0 Å². The SMILES string of the molecule is C=C1C[C@]23C[C@H]1CC[C@H]2[C@]1(C)CCC[C@H](C(=O)OC)[C@H]1CC3=O. The first-order chi connectivity index (χ1) is 10.9. The maximum Gasteiger partial charge on any atom is 0.308 e. The summed E-state index contributed by atoms with van der Waals surface area (Å²) >= 11 is 0. The fourth-order valence-electron chi connectivity index (χ4n) is 6.98. The summed E-state index contributed by atoms with van der Waals surface area (Å²) < 4.78 is 5.07. The molecular weight excluding hydrogens is 288 g/mol. The second-order valence-corrected chi connectivity index (χ2v) is 8.78. The molecule has 126 valence electrons. The molecule has 0 saturated heterocycles. The molecule has 1 spiro atoms. The van der Waals surface area contributed by atoms with Crippen molar-refractivity contribution in [1.82, 2.24) is 0 Å². The number of carbonyl (C=O) groups is 2. The molecule has 4 aliphatic carbocycles. The summed E-state index contributed by atoms with van der Waals surface area (Å²) in [6.45, 7) is 6.64. The Morgan fingerprint density at radius 3 is 2.83 bits per heavy atom. The molecule has 4 rings (SSSR count). The van der Waals surface area contributed by atoms with Gasteiger partial charge in [0, 0.05) is 11.8 Å². The van der Waals surface area contributed by atoms with Gasteiger partial charge in [-0.25, -0.2) is 0 Å². The Balaban J connectivity index is 1.75. The summed E-state index contributed by atoms with van der Waals surface area (Å²) in [5.74, 6) is 1.41. The van der Waals surface area contributed by atoms with Gasteiger partial charge in [-0.2, -0.15) is 0 Å². The first-order valence-electron chi connectivity index (χ1n) is 9.21. The minimum absolute atomic E-state index is 0.0811. The molecule has 4 aliphatic rings. The Bertz CT molecular complexity index is 579. The zero-order valence-corrected chi connectivity index (χ0v) is 14.4. The van der Waals surface area contributed by atoms with E-state index in [-0.39, 0.29) is 28.6 Å². The molecule has 0 aromatic heterocycles. The molecule has 4 fully saturated rings. The first kappa shape index (κ1) is 15.4. The van der Waals surface area contributed by atoms with Crippen LogP contribution in [0.1, 0.15) is 58.3 Å². The number of rotatable bonds is 1. The van der Waals surface area contributed by atoms with Crippen molar-refractivity contribution in [2.45, 2.75) is 58.3 Å². The lowest BCUT2D eigenvalue weighted by Crippen LogP contribution is -2.58. The van der Waals surface area contributed by atoms with Gasteiger partial charge in [-0.1, -0.05) is 25.5 Å². The fourth-order valence-corrected chi connectivity index (χ4v) is 6.98. The van der Waals surface area contributed by atoms with Crippen molar-refractivity contribution in [3.63, 3.8) is 0 Å². The monoisotopic (exact) mass is 316 g/mol. The van der Waals surface area contributed by atoms with Crippen molar-refractivity contribution < 1.29 is 14.3 Å². The van der Waals surface area contributed by atoms with Gasteiger partial charge >= 0.3 is 5.97 Å². The minimum atomic E-state index is -0.150. The van der Waals surface area contributed by atoms with Crippen LogP contribution in [0, 0.1) is 34.5 Å². The molecule has 0 aliphatic heterocycles. The molecule has 3 heteroatoms. The van der Waals surface area contributed by atoms with E-state index in [1.807, 2.05) is 0 Å². The lowest BCUT2D eigenvalue weighted by molar-refractivity contribution is -0.172. The summed E-state index contributed by atoms with van der Waals surface area (Å²) in [5, 5.41) is 0. The van der Waals surface area contributed by atoms with E-state index in [1.165, 1.54) is 19.1 Å². The molecule has 0 heterocycles. The second kappa shape index (κ2) is 4.94. The molecule has 0 unspecified atom stereocenters. The Labute approximate surface area is 138 Å². The van der Waals surface area contributed by atoms with Gasteiger partial charge in [0.25, 0.3) is 0 Å². The third-order valence-electron chi connectivity index (χ3n) is 8.03. The highest BCUT2D eigenvalue weighted by molar-refractivity contribution is 5.89. The Morgan fingerprint density at radius 2 is 2.09 bits per heavy atom. The maximum atomic E-state index is 13.2. The van der Waals surface area contributed by atoms with Crippen molar-refractivity contribution in [3.05, 3.63) is 12.2 Å². The molecule has 4 saturated carbocycles. The molecule has 0 N–H and O–H groups in total. The summed E-state index contributed by atoms with van der Waals surface area (Å²) in [4.78, 5) is 25.5. The number of ketones is 1. The Morgan fingerprint density at radius 1 is 1.30 bits per heavy atom. The van der Waals surface area contributed by atoms with Gasteiger partial charge in [-0.15, -0.1) is 0 Å². The Hall–Kier alpha value is -1.12. The minimum Gasteiger partial charge on any atom is -0.469 e. The maximum absolute atomic E-state index is 13.2. The molecule has 0 aromatic rings. The van der Waals surface area contributed by atoms with Crippen LogP contribution in [0.25, 0.3) is 0 Å². The van der Waals surface area contributed by atoms with Gasteiger partial charge in [-0.3, -0.25) is 9.59 Å². The van der Waals surface area contributed by atoms with E-state index in [9.17, 15) is 9.59 Å². The highest BCUT2D eigenvalue weighted by Gasteiger charge is 2.66. The van der Waals surface area contributed by atoms with E-state index in [2.05, 4.69) is 13.5 Å². The van der Waals surface area contributed by atoms with Crippen LogP contribution in [0.15, 0.2) is 12.2 Å². The molecule has 0 amide bonds. The van der Waals surface area contributed by atoms with Crippen LogP contribution in [0.2, 0.25) is 0 Å². The van der Waals surface area contributed by atoms with Gasteiger partial charge in [0.15, 0.2) is 0 Å².